The minimum atomic E-state index is 0.204. The van der Waals surface area contributed by atoms with Crippen molar-refractivity contribution in [3.63, 3.8) is 0 Å². The summed E-state index contributed by atoms with van der Waals surface area (Å²) >= 11 is 0. The van der Waals surface area contributed by atoms with Crippen molar-refractivity contribution in [2.75, 3.05) is 13.6 Å². The van der Waals surface area contributed by atoms with Gasteiger partial charge in [0.25, 0.3) is 0 Å². The van der Waals surface area contributed by atoms with Crippen molar-refractivity contribution in [2.45, 2.75) is 52.5 Å². The number of nitriles is 1. The molecule has 0 spiro atoms. The van der Waals surface area contributed by atoms with Crippen LogP contribution in [0.25, 0.3) is 0 Å². The van der Waals surface area contributed by atoms with E-state index in [9.17, 15) is 4.79 Å². The van der Waals surface area contributed by atoms with E-state index in [2.05, 4.69) is 24.8 Å². The molecule has 3 heteroatoms. The molecule has 0 aromatic rings. The summed E-state index contributed by atoms with van der Waals surface area (Å²) in [6, 6.07) is 2.44. The van der Waals surface area contributed by atoms with Crippen LogP contribution < -0.4 is 0 Å². The molecule has 0 bridgehead atoms. The lowest BCUT2D eigenvalue weighted by Gasteiger charge is -2.09. The fraction of sp³-hybridized carbons (Fsp3) is 0.833. The predicted molar refractivity (Wildman–Crippen MR) is 63.6 cm³/mol. The summed E-state index contributed by atoms with van der Waals surface area (Å²) in [5.41, 5.74) is 0. The van der Waals surface area contributed by atoms with Crippen LogP contribution in [0.4, 0.5) is 0 Å². The topological polar surface area (TPSA) is 44.1 Å². The Morgan fingerprint density at radius 2 is 1.93 bits per heavy atom. The molecule has 15 heavy (non-hydrogen) atoms. The van der Waals surface area contributed by atoms with Crippen LogP contribution in [-0.4, -0.2) is 30.8 Å². The van der Waals surface area contributed by atoms with Crippen molar-refractivity contribution in [2.24, 2.45) is 0 Å². The van der Waals surface area contributed by atoms with Gasteiger partial charge in [0.15, 0.2) is 0 Å². The monoisotopic (exact) mass is 212 g/mol. The molecule has 1 aliphatic rings. The fourth-order valence-corrected chi connectivity index (χ4v) is 1.07. The Hall–Kier alpha value is -0.880. The molecule has 0 saturated carbocycles. The van der Waals surface area contributed by atoms with E-state index in [4.69, 9.17) is 5.26 Å². The summed E-state index contributed by atoms with van der Waals surface area (Å²) in [4.78, 5) is 11.3. The van der Waals surface area contributed by atoms with Crippen LogP contribution in [0.15, 0.2) is 0 Å². The van der Waals surface area contributed by atoms with E-state index in [0.29, 0.717) is 6.42 Å². The van der Waals surface area contributed by atoms with Crippen molar-refractivity contribution in [1.29, 1.82) is 5.26 Å². The predicted octanol–water partition coefficient (Wildman–Crippen LogP) is 2.62. The molecule has 0 N–H and O–H groups in total. The van der Waals surface area contributed by atoms with Gasteiger partial charge in [0, 0.05) is 6.42 Å². The molecule has 0 radical (unpaired) electrons. The Labute approximate surface area is 94.1 Å². The Morgan fingerprint density at radius 1 is 1.47 bits per heavy atom. The van der Waals surface area contributed by atoms with Crippen LogP contribution in [-0.2, 0) is 4.79 Å². The standard InChI is InChI=1S/C6H10N2.C3H6O.C3H8/c1-8-4-2-3-6(8)5-7;1-2-3-4;1-3-2/h6H,2-4H2,1H3;3H,2H2,1H3;3H2,1-2H3. The molecule has 3 nitrogen and oxygen atoms in total. The van der Waals surface area contributed by atoms with Gasteiger partial charge in [0.05, 0.1) is 12.1 Å². The van der Waals surface area contributed by atoms with Gasteiger partial charge in [0.2, 0.25) is 0 Å². The molecule has 1 fully saturated rings. The molecule has 0 amide bonds. The highest BCUT2D eigenvalue weighted by molar-refractivity contribution is 5.48. The molecule has 1 atom stereocenters. The maximum absolute atomic E-state index is 9.17. The molecule has 1 saturated heterocycles. The van der Waals surface area contributed by atoms with E-state index in [1.807, 2.05) is 14.0 Å². The lowest BCUT2D eigenvalue weighted by Crippen LogP contribution is -2.22. The van der Waals surface area contributed by atoms with Gasteiger partial charge in [-0.1, -0.05) is 27.2 Å². The summed E-state index contributed by atoms with van der Waals surface area (Å²) in [6.07, 6.45) is 5.02. The zero-order chi connectivity index (χ0) is 12.1. The largest absolute Gasteiger partial charge is 0.303 e. The minimum Gasteiger partial charge on any atom is -0.303 e. The van der Waals surface area contributed by atoms with E-state index < -0.39 is 0 Å². The highest BCUT2D eigenvalue weighted by Crippen LogP contribution is 2.12. The molecule has 1 rings (SSSR count). The number of hydrogen-bond donors (Lipinski definition) is 0. The number of nitrogens with zero attached hydrogens (tertiary/aromatic N) is 2. The number of likely N-dealkylation sites (tertiary alicyclic amines) is 1. The minimum absolute atomic E-state index is 0.204. The second-order valence-corrected chi connectivity index (χ2v) is 3.55. The summed E-state index contributed by atoms with van der Waals surface area (Å²) in [6.45, 7) is 7.16. The number of hydrogen-bond acceptors (Lipinski definition) is 3. The highest BCUT2D eigenvalue weighted by atomic mass is 16.1. The van der Waals surface area contributed by atoms with Crippen molar-refractivity contribution in [3.8, 4) is 6.07 Å². The third-order valence-electron chi connectivity index (χ3n) is 1.84. The first-order valence-electron chi connectivity index (χ1n) is 5.71. The smallest absolute Gasteiger partial charge is 0.119 e. The molecule has 1 unspecified atom stereocenters. The maximum atomic E-state index is 9.17. The van der Waals surface area contributed by atoms with Gasteiger partial charge >= 0.3 is 0 Å². The van der Waals surface area contributed by atoms with Crippen LogP contribution in [0.5, 0.6) is 0 Å². The summed E-state index contributed by atoms with van der Waals surface area (Å²) < 4.78 is 0. The van der Waals surface area contributed by atoms with Crippen molar-refractivity contribution < 1.29 is 4.79 Å². The lowest BCUT2D eigenvalue weighted by atomic mass is 10.2. The van der Waals surface area contributed by atoms with Crippen LogP contribution in [0.3, 0.4) is 0 Å². The van der Waals surface area contributed by atoms with Gasteiger partial charge in [-0.2, -0.15) is 5.26 Å². The van der Waals surface area contributed by atoms with Gasteiger partial charge in [-0.25, -0.2) is 0 Å². The van der Waals surface area contributed by atoms with Crippen molar-refractivity contribution >= 4 is 6.29 Å². The average Bonchev–Trinajstić information content (AvgIpc) is 2.65. The molecular formula is C12H24N2O. The second-order valence-electron chi connectivity index (χ2n) is 3.55. The number of carbonyl (C=O) groups is 1. The van der Waals surface area contributed by atoms with Crippen LogP contribution in [0.2, 0.25) is 0 Å². The normalized spacial score (nSPS) is 19.0. The molecule has 1 aliphatic heterocycles. The summed E-state index contributed by atoms with van der Waals surface area (Å²) in [5, 5.41) is 8.44. The van der Waals surface area contributed by atoms with E-state index in [-0.39, 0.29) is 6.04 Å². The quantitative estimate of drug-likeness (QED) is 0.628. The molecule has 0 aromatic heterocycles. The molecule has 0 aromatic carbocycles. The first kappa shape index (κ1) is 16.5. The van der Waals surface area contributed by atoms with E-state index in [0.717, 1.165) is 19.3 Å². The van der Waals surface area contributed by atoms with Gasteiger partial charge in [0.1, 0.15) is 6.29 Å². The lowest BCUT2D eigenvalue weighted by molar-refractivity contribution is -0.107. The Balaban J connectivity index is 0. The van der Waals surface area contributed by atoms with Gasteiger partial charge in [-0.05, 0) is 26.4 Å². The Kier molecular flexibility index (Phi) is 14.5. The van der Waals surface area contributed by atoms with Crippen LogP contribution >= 0.6 is 0 Å². The van der Waals surface area contributed by atoms with Crippen LogP contribution in [0.1, 0.15) is 46.5 Å². The fourth-order valence-electron chi connectivity index (χ4n) is 1.07. The van der Waals surface area contributed by atoms with Gasteiger partial charge < -0.3 is 4.79 Å². The van der Waals surface area contributed by atoms with E-state index in [1.165, 1.54) is 12.8 Å². The van der Waals surface area contributed by atoms with Crippen molar-refractivity contribution in [1.82, 2.24) is 4.90 Å². The zero-order valence-corrected chi connectivity index (χ0v) is 10.5. The van der Waals surface area contributed by atoms with Crippen LogP contribution in [0, 0.1) is 11.3 Å². The third kappa shape index (κ3) is 11.0. The first-order chi connectivity index (χ1) is 7.17. The Bertz CT molecular complexity index is 175. The number of carbonyl (C=O) groups excluding carboxylic acids is 1. The van der Waals surface area contributed by atoms with E-state index >= 15 is 0 Å². The van der Waals surface area contributed by atoms with Crippen molar-refractivity contribution in [3.05, 3.63) is 0 Å². The maximum Gasteiger partial charge on any atom is 0.119 e. The molecule has 0 aliphatic carbocycles. The average molecular weight is 212 g/mol. The SMILES string of the molecule is CCC.CCC=O.CN1CCCC1C#N. The molecule has 1 heterocycles. The first-order valence-corrected chi connectivity index (χ1v) is 5.71. The summed E-state index contributed by atoms with van der Waals surface area (Å²) in [5.74, 6) is 0. The molecule has 88 valence electrons. The van der Waals surface area contributed by atoms with Gasteiger partial charge in [-0.15, -0.1) is 0 Å². The number of aldehydes is 1. The third-order valence-corrected chi connectivity index (χ3v) is 1.84. The second kappa shape index (κ2) is 13.1. The zero-order valence-electron chi connectivity index (χ0n) is 10.5. The number of rotatable bonds is 1. The van der Waals surface area contributed by atoms with E-state index in [1.54, 1.807) is 0 Å². The Morgan fingerprint density at radius 3 is 2.07 bits per heavy atom. The van der Waals surface area contributed by atoms with Gasteiger partial charge in [-0.3, -0.25) is 4.90 Å². The highest BCUT2D eigenvalue weighted by Gasteiger charge is 2.18. The summed E-state index contributed by atoms with van der Waals surface area (Å²) in [7, 11) is 2.00. The molecular weight excluding hydrogens is 188 g/mol.